The average molecular weight is 735 g/mol. The quantitative estimate of drug-likeness (QED) is 0.207. The number of methoxy groups -OCH3 is 1. The zero-order valence-electron chi connectivity index (χ0n) is 33.2. The van der Waals surface area contributed by atoms with E-state index in [1.54, 1.807) is 41.5 Å². The van der Waals surface area contributed by atoms with Crippen molar-refractivity contribution in [1.29, 1.82) is 0 Å². The third-order valence-electron chi connectivity index (χ3n) is 11.7. The zero-order valence-corrected chi connectivity index (χ0v) is 33.2. The number of nitrogens with one attached hydrogen (secondary N) is 1. The third kappa shape index (κ3) is 10.2. The molecule has 0 aromatic carbocycles. The molecule has 3 saturated heterocycles. The largest absolute Gasteiger partial charge is 0.459 e. The maximum Gasteiger partial charge on any atom is 0.311 e. The maximum atomic E-state index is 14.1. The minimum atomic E-state index is -1.80. The van der Waals surface area contributed by atoms with E-state index in [4.69, 9.17) is 28.4 Å². The monoisotopic (exact) mass is 734 g/mol. The first kappa shape index (κ1) is 44.4. The van der Waals surface area contributed by atoms with Gasteiger partial charge in [-0.2, -0.15) is 0 Å². The van der Waals surface area contributed by atoms with Gasteiger partial charge in [-0.25, -0.2) is 0 Å². The molecule has 3 heterocycles. The highest BCUT2D eigenvalue weighted by molar-refractivity contribution is 5.73. The molecule has 14 heteroatoms. The van der Waals surface area contributed by atoms with E-state index in [2.05, 4.69) is 5.32 Å². The van der Waals surface area contributed by atoms with Gasteiger partial charge in [-0.15, -0.1) is 0 Å². The molecular weight excluding hydrogens is 664 g/mol. The lowest BCUT2D eigenvalue weighted by molar-refractivity contribution is -0.318. The van der Waals surface area contributed by atoms with Gasteiger partial charge < -0.3 is 64.2 Å². The molecule has 1 unspecified atom stereocenters. The molecule has 3 aliphatic rings. The number of likely N-dealkylation sites (N-methyl/N-ethyl adjacent to an activating group) is 1. The topological polar surface area (TPSA) is 189 Å². The van der Waals surface area contributed by atoms with E-state index in [9.17, 15) is 30.3 Å². The van der Waals surface area contributed by atoms with Crippen LogP contribution in [0.15, 0.2) is 0 Å². The highest BCUT2D eigenvalue weighted by atomic mass is 16.7. The number of rotatable bonds is 7. The van der Waals surface area contributed by atoms with Gasteiger partial charge in [-0.3, -0.25) is 4.79 Å². The summed E-state index contributed by atoms with van der Waals surface area (Å²) in [6, 6.07) is -0.858. The van der Waals surface area contributed by atoms with Crippen LogP contribution in [0.5, 0.6) is 0 Å². The van der Waals surface area contributed by atoms with Crippen LogP contribution in [0.3, 0.4) is 0 Å². The van der Waals surface area contributed by atoms with Crippen molar-refractivity contribution in [3.63, 3.8) is 0 Å². The van der Waals surface area contributed by atoms with Crippen molar-refractivity contribution in [3.8, 4) is 0 Å². The Balaban J connectivity index is 2.15. The molecule has 0 amide bonds. The summed E-state index contributed by atoms with van der Waals surface area (Å²) < 4.78 is 37.4. The summed E-state index contributed by atoms with van der Waals surface area (Å²) >= 11 is 0. The number of nitrogens with zero attached hydrogens (tertiary/aromatic N) is 1. The average Bonchev–Trinajstić information content (AvgIpc) is 3.05. The second-order valence-corrected chi connectivity index (χ2v) is 16.7. The third-order valence-corrected chi connectivity index (χ3v) is 11.7. The summed E-state index contributed by atoms with van der Waals surface area (Å²) in [6.07, 6.45) is -8.22. The SMILES string of the molecule is CC[C@H]1OC(=O)[C@H](C)[C@@H](O[C@H]2C[C@@](C)(OC)[C@@H](O)[C@H](C)O2)[C@H](C)[C@@H](O[C@@H]2O[C@H](C)C[C@H](N(C)C)[C@H]2O)C(C)(O)C[C@@H](C)CN[C@H](C)[C@@H](O)[C@]1(C)O. The van der Waals surface area contributed by atoms with E-state index in [1.807, 2.05) is 39.8 Å². The molecule has 0 aromatic rings. The summed E-state index contributed by atoms with van der Waals surface area (Å²) in [5, 5.41) is 60.9. The van der Waals surface area contributed by atoms with Crippen LogP contribution in [-0.4, -0.2) is 154 Å². The first-order valence-electron chi connectivity index (χ1n) is 18.8. The van der Waals surface area contributed by atoms with Crippen molar-refractivity contribution in [2.45, 2.75) is 185 Å². The lowest BCUT2D eigenvalue weighted by atomic mass is 9.77. The molecule has 0 radical (unpaired) electrons. The number of cyclic esters (lactones) is 1. The lowest BCUT2D eigenvalue weighted by Gasteiger charge is -2.48. The fourth-order valence-electron chi connectivity index (χ4n) is 8.36. The highest BCUT2D eigenvalue weighted by Crippen LogP contribution is 2.40. The minimum absolute atomic E-state index is 0.132. The van der Waals surface area contributed by atoms with Crippen LogP contribution in [0, 0.1) is 17.8 Å². The van der Waals surface area contributed by atoms with Crippen molar-refractivity contribution >= 4 is 5.97 Å². The van der Waals surface area contributed by atoms with Gasteiger partial charge in [0.25, 0.3) is 0 Å². The van der Waals surface area contributed by atoms with Crippen LogP contribution in [0.25, 0.3) is 0 Å². The molecule has 3 fully saturated rings. The van der Waals surface area contributed by atoms with Crippen molar-refractivity contribution in [2.24, 2.45) is 17.8 Å². The molecule has 6 N–H and O–H groups in total. The number of esters is 1. The van der Waals surface area contributed by atoms with Gasteiger partial charge in [0.05, 0.1) is 41.5 Å². The Hall–Kier alpha value is -1.01. The van der Waals surface area contributed by atoms with Gasteiger partial charge in [-0.05, 0) is 94.3 Å². The number of aliphatic hydroxyl groups excluding tert-OH is 3. The number of ether oxygens (including phenoxy) is 6. The maximum absolute atomic E-state index is 14.1. The summed E-state index contributed by atoms with van der Waals surface area (Å²) in [4.78, 5) is 16.1. The van der Waals surface area contributed by atoms with E-state index < -0.39 is 96.0 Å². The number of carbonyl (C=O) groups excluding carboxylic acids is 1. The van der Waals surface area contributed by atoms with Gasteiger partial charge in [0.1, 0.15) is 30.0 Å². The molecule has 51 heavy (non-hydrogen) atoms. The summed E-state index contributed by atoms with van der Waals surface area (Å²) in [5.41, 5.74) is -4.37. The van der Waals surface area contributed by atoms with Crippen LogP contribution in [0.1, 0.15) is 94.9 Å². The van der Waals surface area contributed by atoms with Gasteiger partial charge in [-0.1, -0.05) is 20.8 Å². The van der Waals surface area contributed by atoms with Crippen LogP contribution in [-0.2, 0) is 33.2 Å². The standard InChI is InChI=1S/C37H70N2O12/c1-14-26-37(10,45)30(41)23(6)38-18-19(2)16-35(8,44)32(51-34-28(40)25(39(11)12)15-20(3)47-34)21(4)29(22(5)33(43)49-26)50-27-17-36(9,46-13)31(42)24(7)48-27/h19-32,34,38,40-42,44-45H,14-18H2,1-13H3/t19-,20-,21+,22-,23-,24+,25+,26-,27+,28-,29+,30-,31+,32-,34+,35?,36-,37-/m1/s1. The Morgan fingerprint density at radius 3 is 2.14 bits per heavy atom. The molecule has 0 aliphatic carbocycles. The Bertz CT molecular complexity index is 1110. The summed E-state index contributed by atoms with van der Waals surface area (Å²) in [7, 11) is 5.27. The van der Waals surface area contributed by atoms with Crippen molar-refractivity contribution in [2.75, 3.05) is 27.7 Å². The number of hydrogen-bond donors (Lipinski definition) is 6. The van der Waals surface area contributed by atoms with Crippen molar-refractivity contribution in [1.82, 2.24) is 10.2 Å². The van der Waals surface area contributed by atoms with E-state index in [0.717, 1.165) is 0 Å². The van der Waals surface area contributed by atoms with Crippen LogP contribution in [0.4, 0.5) is 0 Å². The van der Waals surface area contributed by atoms with Crippen LogP contribution in [0.2, 0.25) is 0 Å². The molecule has 14 nitrogen and oxygen atoms in total. The fourth-order valence-corrected chi connectivity index (χ4v) is 8.36. The Labute approximate surface area is 305 Å². The molecule has 0 spiro atoms. The molecule has 300 valence electrons. The van der Waals surface area contributed by atoms with E-state index in [1.165, 1.54) is 14.0 Å². The first-order valence-corrected chi connectivity index (χ1v) is 18.8. The summed E-state index contributed by atoms with van der Waals surface area (Å²) in [6.45, 7) is 17.8. The zero-order chi connectivity index (χ0) is 38.8. The predicted octanol–water partition coefficient (Wildman–Crippen LogP) is 1.56. The molecule has 0 aromatic heterocycles. The normalized spacial score (nSPS) is 49.9. The molecule has 0 bridgehead atoms. The number of carbonyl (C=O) groups is 1. The van der Waals surface area contributed by atoms with E-state index >= 15 is 0 Å². The Morgan fingerprint density at radius 1 is 0.941 bits per heavy atom. The van der Waals surface area contributed by atoms with Gasteiger partial charge in [0.2, 0.25) is 0 Å². The smallest absolute Gasteiger partial charge is 0.311 e. The van der Waals surface area contributed by atoms with Crippen LogP contribution < -0.4 is 5.32 Å². The second kappa shape index (κ2) is 17.6. The molecular formula is C37H70N2O12. The van der Waals surface area contributed by atoms with E-state index in [0.29, 0.717) is 13.0 Å². The molecule has 3 rings (SSSR count). The molecule has 18 atom stereocenters. The van der Waals surface area contributed by atoms with Crippen LogP contribution >= 0.6 is 0 Å². The number of aliphatic hydroxyl groups is 5. The second-order valence-electron chi connectivity index (χ2n) is 16.7. The van der Waals surface area contributed by atoms with E-state index in [-0.39, 0.29) is 37.3 Å². The van der Waals surface area contributed by atoms with Crippen molar-refractivity contribution in [3.05, 3.63) is 0 Å². The van der Waals surface area contributed by atoms with Gasteiger partial charge in [0, 0.05) is 31.5 Å². The first-order chi connectivity index (χ1) is 23.5. The minimum Gasteiger partial charge on any atom is -0.459 e. The lowest BCUT2D eigenvalue weighted by Crippen LogP contribution is -2.60. The predicted molar refractivity (Wildman–Crippen MR) is 190 cm³/mol. The molecule has 0 saturated carbocycles. The van der Waals surface area contributed by atoms with Gasteiger partial charge in [0.15, 0.2) is 12.6 Å². The fraction of sp³-hybridized carbons (Fsp3) is 0.973. The molecule has 3 aliphatic heterocycles. The Kier molecular flexibility index (Phi) is 15.3. The van der Waals surface area contributed by atoms with Crippen molar-refractivity contribution < 1.29 is 58.7 Å². The Morgan fingerprint density at radius 2 is 1.57 bits per heavy atom. The summed E-state index contributed by atoms with van der Waals surface area (Å²) in [5.74, 6) is -2.60. The van der Waals surface area contributed by atoms with Gasteiger partial charge >= 0.3 is 5.97 Å². The number of hydrogen-bond acceptors (Lipinski definition) is 14. The highest BCUT2D eigenvalue weighted by Gasteiger charge is 2.52.